The van der Waals surface area contributed by atoms with Crippen LogP contribution in [0, 0.1) is 0 Å². The summed E-state index contributed by atoms with van der Waals surface area (Å²) in [6.07, 6.45) is 5.42. The molecule has 0 saturated carbocycles. The Balaban J connectivity index is 1.69. The van der Waals surface area contributed by atoms with Gasteiger partial charge in [0.25, 0.3) is 0 Å². The van der Waals surface area contributed by atoms with Crippen molar-refractivity contribution in [2.24, 2.45) is 0 Å². The van der Waals surface area contributed by atoms with E-state index in [4.69, 9.17) is 9.47 Å². The van der Waals surface area contributed by atoms with Crippen LogP contribution in [0.1, 0.15) is 53.0 Å². The Kier molecular flexibility index (Phi) is 6.51. The number of methoxy groups -OCH3 is 1. The van der Waals surface area contributed by atoms with Gasteiger partial charge in [0, 0.05) is 12.0 Å². The molecule has 0 heterocycles. The van der Waals surface area contributed by atoms with Gasteiger partial charge in [-0.1, -0.05) is 60.7 Å². The van der Waals surface area contributed by atoms with Gasteiger partial charge >= 0.3 is 5.97 Å². The van der Waals surface area contributed by atoms with E-state index in [1.165, 1.54) is 28.3 Å². The van der Waals surface area contributed by atoms with Crippen LogP contribution in [0.15, 0.2) is 78.9 Å². The molecule has 31 heavy (non-hydrogen) atoms. The van der Waals surface area contributed by atoms with E-state index < -0.39 is 0 Å². The van der Waals surface area contributed by atoms with Crippen LogP contribution < -0.4 is 4.74 Å². The molecule has 2 atom stereocenters. The molecule has 3 aromatic carbocycles. The molecule has 158 valence electrons. The summed E-state index contributed by atoms with van der Waals surface area (Å²) in [5.41, 5.74) is 6.38. The first-order valence-electron chi connectivity index (χ1n) is 10.9. The van der Waals surface area contributed by atoms with Gasteiger partial charge in [-0.3, -0.25) is 0 Å². The maximum Gasteiger partial charge on any atom is 0.330 e. The molecule has 0 spiro atoms. The van der Waals surface area contributed by atoms with Crippen LogP contribution in [-0.2, 0) is 16.0 Å². The number of rotatable bonds is 6. The fourth-order valence-electron chi connectivity index (χ4n) is 4.56. The van der Waals surface area contributed by atoms with Gasteiger partial charge in [-0.15, -0.1) is 0 Å². The van der Waals surface area contributed by atoms with E-state index in [1.807, 2.05) is 0 Å². The number of esters is 1. The molecule has 0 saturated heterocycles. The fourth-order valence-corrected chi connectivity index (χ4v) is 4.56. The predicted molar refractivity (Wildman–Crippen MR) is 124 cm³/mol. The third kappa shape index (κ3) is 4.72. The largest absolute Gasteiger partial charge is 0.497 e. The number of benzene rings is 3. The van der Waals surface area contributed by atoms with E-state index in [9.17, 15) is 4.79 Å². The zero-order valence-electron chi connectivity index (χ0n) is 18.1. The molecule has 4 rings (SSSR count). The van der Waals surface area contributed by atoms with Gasteiger partial charge in [0.2, 0.25) is 0 Å². The van der Waals surface area contributed by atoms with E-state index >= 15 is 0 Å². The highest BCUT2D eigenvalue weighted by atomic mass is 16.5. The van der Waals surface area contributed by atoms with Crippen LogP contribution in [0.25, 0.3) is 6.08 Å². The summed E-state index contributed by atoms with van der Waals surface area (Å²) >= 11 is 0. The number of hydrogen-bond donors (Lipinski definition) is 0. The molecular weight excluding hydrogens is 384 g/mol. The lowest BCUT2D eigenvalue weighted by atomic mass is 9.69. The molecule has 0 N–H and O–H groups in total. The van der Waals surface area contributed by atoms with Crippen molar-refractivity contribution < 1.29 is 14.3 Å². The summed E-state index contributed by atoms with van der Waals surface area (Å²) in [4.78, 5) is 11.6. The highest BCUT2D eigenvalue weighted by Crippen LogP contribution is 2.46. The van der Waals surface area contributed by atoms with E-state index in [1.54, 1.807) is 20.1 Å². The van der Waals surface area contributed by atoms with Crippen molar-refractivity contribution in [3.63, 3.8) is 0 Å². The van der Waals surface area contributed by atoms with Gasteiger partial charge in [-0.25, -0.2) is 4.79 Å². The first-order valence-corrected chi connectivity index (χ1v) is 10.9. The molecule has 0 aromatic heterocycles. The first kappa shape index (κ1) is 20.9. The molecule has 2 unspecified atom stereocenters. The van der Waals surface area contributed by atoms with Crippen LogP contribution in [0.3, 0.4) is 0 Å². The predicted octanol–water partition coefficient (Wildman–Crippen LogP) is 6.13. The number of carbonyl (C=O) groups excluding carboxylic acids is 1. The lowest BCUT2D eigenvalue weighted by molar-refractivity contribution is -0.137. The third-order valence-corrected chi connectivity index (χ3v) is 6.03. The van der Waals surface area contributed by atoms with Gasteiger partial charge in [0.1, 0.15) is 5.75 Å². The molecule has 0 aliphatic heterocycles. The standard InChI is InChI=1S/C28H28O3/c1-3-31-27(29)18-11-20-9-12-22(13-10-20)28-25(21-7-5-4-6-8-21)16-14-23-19-24(30-2)15-17-26(23)28/h4-13,15,17-19,25,28H,3,14,16H2,1-2H3/b18-11-. The number of ether oxygens (including phenoxy) is 2. The van der Waals surface area contributed by atoms with Crippen molar-refractivity contribution in [2.75, 3.05) is 13.7 Å². The number of carbonyl (C=O) groups is 1. The summed E-state index contributed by atoms with van der Waals surface area (Å²) < 4.78 is 10.4. The Bertz CT molecular complexity index is 1050. The minimum Gasteiger partial charge on any atom is -0.497 e. The average molecular weight is 413 g/mol. The summed E-state index contributed by atoms with van der Waals surface area (Å²) in [6, 6.07) is 25.8. The summed E-state index contributed by atoms with van der Waals surface area (Å²) in [5, 5.41) is 0. The van der Waals surface area contributed by atoms with E-state index in [0.717, 1.165) is 24.2 Å². The third-order valence-electron chi connectivity index (χ3n) is 6.03. The number of hydrogen-bond acceptors (Lipinski definition) is 3. The highest BCUT2D eigenvalue weighted by molar-refractivity contribution is 5.87. The van der Waals surface area contributed by atoms with Gasteiger partial charge in [-0.05, 0) is 71.7 Å². The van der Waals surface area contributed by atoms with Crippen molar-refractivity contribution >= 4 is 12.0 Å². The normalized spacial score (nSPS) is 17.9. The minimum atomic E-state index is -0.314. The Hall–Kier alpha value is -3.33. The molecular formula is C28H28O3. The Labute approximate surface area is 184 Å². The van der Waals surface area contributed by atoms with Gasteiger partial charge < -0.3 is 9.47 Å². The lowest BCUT2D eigenvalue weighted by Crippen LogP contribution is -2.20. The molecule has 0 bridgehead atoms. The van der Waals surface area contributed by atoms with Crippen LogP contribution in [0.2, 0.25) is 0 Å². The maximum atomic E-state index is 11.6. The molecule has 1 aliphatic rings. The SMILES string of the molecule is CCOC(=O)/C=C\c1ccc(C2c3ccc(OC)cc3CCC2c2ccccc2)cc1. The second-order valence-corrected chi connectivity index (χ2v) is 7.85. The minimum absolute atomic E-state index is 0.278. The zero-order valence-corrected chi connectivity index (χ0v) is 18.1. The van der Waals surface area contributed by atoms with Crippen molar-refractivity contribution in [3.05, 3.63) is 107 Å². The van der Waals surface area contributed by atoms with Gasteiger partial charge in [-0.2, -0.15) is 0 Å². The van der Waals surface area contributed by atoms with Crippen LogP contribution in [0.5, 0.6) is 5.75 Å². The highest BCUT2D eigenvalue weighted by Gasteiger charge is 2.32. The quantitative estimate of drug-likeness (QED) is 0.361. The molecule has 1 aliphatic carbocycles. The first-order chi connectivity index (χ1) is 15.2. The summed E-state index contributed by atoms with van der Waals surface area (Å²) in [6.45, 7) is 2.19. The average Bonchev–Trinajstić information content (AvgIpc) is 2.83. The lowest BCUT2D eigenvalue weighted by Gasteiger charge is -2.35. The van der Waals surface area contributed by atoms with E-state index in [-0.39, 0.29) is 11.9 Å². The monoisotopic (exact) mass is 412 g/mol. The van der Waals surface area contributed by atoms with Crippen LogP contribution in [0.4, 0.5) is 0 Å². The van der Waals surface area contributed by atoms with Crippen LogP contribution in [-0.4, -0.2) is 19.7 Å². The van der Waals surface area contributed by atoms with Crippen molar-refractivity contribution in [1.82, 2.24) is 0 Å². The van der Waals surface area contributed by atoms with Crippen molar-refractivity contribution in [2.45, 2.75) is 31.6 Å². The zero-order chi connectivity index (χ0) is 21.6. The Morgan fingerprint density at radius 1 is 1.00 bits per heavy atom. The van der Waals surface area contributed by atoms with Crippen molar-refractivity contribution in [1.29, 1.82) is 0 Å². The second-order valence-electron chi connectivity index (χ2n) is 7.85. The van der Waals surface area contributed by atoms with Crippen LogP contribution >= 0.6 is 0 Å². The molecule has 3 aromatic rings. The van der Waals surface area contributed by atoms with Gasteiger partial charge in [0.05, 0.1) is 13.7 Å². The van der Waals surface area contributed by atoms with Gasteiger partial charge in [0.15, 0.2) is 0 Å². The second kappa shape index (κ2) is 9.65. The molecule has 3 heteroatoms. The molecule has 0 radical (unpaired) electrons. The van der Waals surface area contributed by atoms with Crippen molar-refractivity contribution in [3.8, 4) is 5.75 Å². The topological polar surface area (TPSA) is 35.5 Å². The Morgan fingerprint density at radius 3 is 2.48 bits per heavy atom. The van der Waals surface area contributed by atoms with E-state index in [2.05, 4.69) is 72.8 Å². The fraction of sp³-hybridized carbons (Fsp3) is 0.250. The summed E-state index contributed by atoms with van der Waals surface area (Å²) in [7, 11) is 1.72. The summed E-state index contributed by atoms with van der Waals surface area (Å²) in [5.74, 6) is 1.30. The smallest absolute Gasteiger partial charge is 0.330 e. The molecule has 0 amide bonds. The maximum absolute atomic E-state index is 11.6. The Morgan fingerprint density at radius 2 is 1.77 bits per heavy atom. The molecule has 3 nitrogen and oxygen atoms in total. The number of aryl methyl sites for hydroxylation is 1. The van der Waals surface area contributed by atoms with E-state index in [0.29, 0.717) is 12.5 Å². The molecule has 0 fully saturated rings. The number of fused-ring (bicyclic) bond motifs is 1.